The molecule has 1 aliphatic heterocycles. The minimum Gasteiger partial charge on any atom is -0.480 e. The molecule has 1 aromatic carbocycles. The maximum atomic E-state index is 12.7. The van der Waals surface area contributed by atoms with Gasteiger partial charge in [-0.3, -0.25) is 48.4 Å². The first kappa shape index (κ1) is 42.9. The van der Waals surface area contributed by atoms with Crippen molar-refractivity contribution < 1.29 is 58.7 Å². The van der Waals surface area contributed by atoms with Gasteiger partial charge < -0.3 is 46.3 Å². The molecule has 19 nitrogen and oxygen atoms in total. The van der Waals surface area contributed by atoms with Crippen molar-refractivity contribution in [3.05, 3.63) is 35.4 Å². The topological polar surface area (TPSA) is 265 Å². The Bertz CT molecular complexity index is 1240. The number of nitrogens with zero attached hydrogens (tertiary/aromatic N) is 4. The van der Waals surface area contributed by atoms with Crippen molar-refractivity contribution in [1.82, 2.24) is 30.2 Å². The minimum atomic E-state index is -1.07. The Hall–Kier alpha value is -4.24. The van der Waals surface area contributed by atoms with Crippen molar-refractivity contribution in [2.75, 3.05) is 112 Å². The maximum absolute atomic E-state index is 12.7. The van der Waals surface area contributed by atoms with Crippen molar-refractivity contribution in [1.29, 1.82) is 0 Å². The molecule has 51 heavy (non-hydrogen) atoms. The molecule has 0 radical (unpaired) electrons. The van der Waals surface area contributed by atoms with Crippen molar-refractivity contribution in [2.45, 2.75) is 19.0 Å². The van der Waals surface area contributed by atoms with E-state index in [0.717, 1.165) is 11.1 Å². The number of nitrogens with one attached hydrogen (secondary N) is 2. The van der Waals surface area contributed by atoms with Crippen LogP contribution in [0, 0.1) is 0 Å². The van der Waals surface area contributed by atoms with Crippen molar-refractivity contribution in [3.8, 4) is 0 Å². The van der Waals surface area contributed by atoms with Gasteiger partial charge in [-0.2, -0.15) is 0 Å². The first-order valence-corrected chi connectivity index (χ1v) is 16.6. The van der Waals surface area contributed by atoms with Gasteiger partial charge in [-0.1, -0.05) is 24.3 Å². The Morgan fingerprint density at radius 3 is 1.49 bits per heavy atom. The normalized spacial score (nSPS) is 16.3. The molecule has 1 aromatic rings. The summed E-state index contributed by atoms with van der Waals surface area (Å²) in [6.07, 6.45) is 0.204. The van der Waals surface area contributed by atoms with Crippen molar-refractivity contribution >= 4 is 35.7 Å². The molecular weight excluding hydrogens is 674 g/mol. The monoisotopic (exact) mass is 725 g/mol. The van der Waals surface area contributed by atoms with Gasteiger partial charge in [-0.15, -0.1) is 0 Å². The molecule has 1 atom stereocenters. The summed E-state index contributed by atoms with van der Waals surface area (Å²) >= 11 is 0. The molecule has 0 aromatic heterocycles. The number of carbonyl (C=O) groups excluding carboxylic acids is 2. The van der Waals surface area contributed by atoms with Crippen LogP contribution >= 0.6 is 0 Å². The highest BCUT2D eigenvalue weighted by Crippen LogP contribution is 2.07. The number of carboxylic acid groups (broad SMARTS) is 4. The van der Waals surface area contributed by atoms with E-state index in [0.29, 0.717) is 26.2 Å². The molecule has 1 heterocycles. The second-order valence-electron chi connectivity index (χ2n) is 12.0. The zero-order valence-corrected chi connectivity index (χ0v) is 28.7. The molecule has 2 amide bonds. The zero-order chi connectivity index (χ0) is 37.6. The molecular formula is C32H51N7O12. The largest absolute Gasteiger partial charge is 0.480 e. The van der Waals surface area contributed by atoms with E-state index in [9.17, 15) is 44.1 Å². The van der Waals surface area contributed by atoms with Gasteiger partial charge >= 0.3 is 23.9 Å². The number of hydrogen-bond donors (Lipinski definition) is 7. The molecule has 19 heteroatoms. The lowest BCUT2D eigenvalue weighted by Gasteiger charge is -2.32. The first-order chi connectivity index (χ1) is 24.3. The molecule has 0 bridgehead atoms. The number of amides is 2. The Balaban J connectivity index is 1.70. The Labute approximate surface area is 296 Å². The SMILES string of the molecule is N[C@@H](Cc1ccc(CNC(=O)COCCOCCNC(=O)CN2CCN(CC(=O)O)CCN(CC(=O)O)CCN(CC(=O)O)CC2)cc1)C(=O)O. The fraction of sp³-hybridized carbons (Fsp3) is 0.625. The van der Waals surface area contributed by atoms with E-state index in [4.69, 9.17) is 20.3 Å². The lowest BCUT2D eigenvalue weighted by molar-refractivity contribution is -0.140. The van der Waals surface area contributed by atoms with Gasteiger partial charge in [0.1, 0.15) is 12.6 Å². The van der Waals surface area contributed by atoms with Crippen LogP contribution in [0.2, 0.25) is 0 Å². The number of carboxylic acids is 4. The number of aliphatic carboxylic acids is 4. The predicted molar refractivity (Wildman–Crippen MR) is 181 cm³/mol. The second kappa shape index (κ2) is 24.0. The van der Waals surface area contributed by atoms with E-state index >= 15 is 0 Å². The van der Waals surface area contributed by atoms with Crippen LogP contribution in [0.15, 0.2) is 24.3 Å². The van der Waals surface area contributed by atoms with Crippen LogP contribution in [0.1, 0.15) is 11.1 Å². The van der Waals surface area contributed by atoms with Gasteiger partial charge in [-0.05, 0) is 17.5 Å². The Morgan fingerprint density at radius 1 is 0.608 bits per heavy atom. The van der Waals surface area contributed by atoms with Crippen LogP contribution < -0.4 is 16.4 Å². The van der Waals surface area contributed by atoms with Crippen LogP contribution in [-0.2, 0) is 51.2 Å². The van der Waals surface area contributed by atoms with Crippen LogP contribution in [0.4, 0.5) is 0 Å². The van der Waals surface area contributed by atoms with Gasteiger partial charge in [0.2, 0.25) is 11.8 Å². The lowest BCUT2D eigenvalue weighted by Crippen LogP contribution is -2.50. The molecule has 8 N–H and O–H groups in total. The van der Waals surface area contributed by atoms with Crippen LogP contribution in [0.5, 0.6) is 0 Å². The van der Waals surface area contributed by atoms with E-state index in [1.165, 1.54) is 0 Å². The predicted octanol–water partition coefficient (Wildman–Crippen LogP) is -3.12. The molecule has 2 rings (SSSR count). The summed E-state index contributed by atoms with van der Waals surface area (Å²) < 4.78 is 10.8. The fourth-order valence-electron chi connectivity index (χ4n) is 5.08. The minimum absolute atomic E-state index is 0.00574. The third-order valence-electron chi connectivity index (χ3n) is 7.83. The second-order valence-corrected chi connectivity index (χ2v) is 12.0. The highest BCUT2D eigenvalue weighted by molar-refractivity contribution is 5.78. The fourth-order valence-corrected chi connectivity index (χ4v) is 5.08. The van der Waals surface area contributed by atoms with Crippen LogP contribution in [0.3, 0.4) is 0 Å². The smallest absolute Gasteiger partial charge is 0.320 e. The van der Waals surface area contributed by atoms with Gasteiger partial charge in [0.15, 0.2) is 0 Å². The zero-order valence-electron chi connectivity index (χ0n) is 28.7. The number of benzene rings is 1. The Kier molecular flexibility index (Phi) is 20.2. The lowest BCUT2D eigenvalue weighted by atomic mass is 10.0. The third-order valence-corrected chi connectivity index (χ3v) is 7.83. The first-order valence-electron chi connectivity index (χ1n) is 16.6. The summed E-state index contributed by atoms with van der Waals surface area (Å²) in [6, 6.07) is 6.10. The summed E-state index contributed by atoms with van der Waals surface area (Å²) in [7, 11) is 0. The van der Waals surface area contributed by atoms with E-state index in [1.54, 1.807) is 39.0 Å². The molecule has 0 spiro atoms. The van der Waals surface area contributed by atoms with Gasteiger partial charge in [0.05, 0.1) is 46.0 Å². The summed E-state index contributed by atoms with van der Waals surface area (Å²) in [4.78, 5) is 76.8. The van der Waals surface area contributed by atoms with Crippen molar-refractivity contribution in [2.24, 2.45) is 5.73 Å². The molecule has 0 aliphatic carbocycles. The number of ether oxygens (including phenoxy) is 2. The number of nitrogens with two attached hydrogens (primary N) is 1. The summed E-state index contributed by atoms with van der Waals surface area (Å²) in [5, 5.41) is 42.4. The summed E-state index contributed by atoms with van der Waals surface area (Å²) in [5.41, 5.74) is 7.15. The van der Waals surface area contributed by atoms with E-state index in [2.05, 4.69) is 10.6 Å². The van der Waals surface area contributed by atoms with E-state index < -0.39 is 29.9 Å². The van der Waals surface area contributed by atoms with Gasteiger partial charge in [0.25, 0.3) is 0 Å². The molecule has 1 aliphatic rings. The van der Waals surface area contributed by atoms with E-state index in [-0.39, 0.29) is 110 Å². The quantitative estimate of drug-likeness (QED) is 0.0618. The molecule has 1 saturated heterocycles. The van der Waals surface area contributed by atoms with Gasteiger partial charge in [-0.25, -0.2) is 0 Å². The maximum Gasteiger partial charge on any atom is 0.320 e. The van der Waals surface area contributed by atoms with Crippen molar-refractivity contribution in [3.63, 3.8) is 0 Å². The molecule has 0 saturated carbocycles. The standard InChI is InChI=1S/C32H51N7O12/c33-26(32(48)49)17-24-1-3-25(4-2-24)18-35-28(41)23-51-16-15-50-14-5-34-27(40)19-36-6-8-37(20-29(42)43)10-12-39(22-31(46)47)13-11-38(9-7-36)21-30(44)45/h1-4,26H,5-23,33H2,(H,34,40)(H,35,41)(H,42,43)(H,44,45)(H,46,47)(H,48,49)/t26-/m0/s1. The molecule has 0 unspecified atom stereocenters. The summed E-state index contributed by atoms with van der Waals surface area (Å²) in [6.45, 7) is 2.51. The van der Waals surface area contributed by atoms with E-state index in [1.807, 2.05) is 4.90 Å². The average molecular weight is 726 g/mol. The number of rotatable bonds is 21. The highest BCUT2D eigenvalue weighted by Gasteiger charge is 2.21. The Morgan fingerprint density at radius 2 is 1.04 bits per heavy atom. The van der Waals surface area contributed by atoms with Crippen LogP contribution in [-0.4, -0.2) is 193 Å². The average Bonchev–Trinajstić information content (AvgIpc) is 3.06. The number of hydrogen-bond acceptors (Lipinski definition) is 13. The molecule has 286 valence electrons. The van der Waals surface area contributed by atoms with Gasteiger partial charge in [0, 0.05) is 65.4 Å². The number of carbonyl (C=O) groups is 6. The highest BCUT2D eigenvalue weighted by atomic mass is 16.5. The third kappa shape index (κ3) is 20.3. The molecule has 1 fully saturated rings. The summed E-state index contributed by atoms with van der Waals surface area (Å²) in [5.74, 6) is -4.78. The van der Waals surface area contributed by atoms with Crippen LogP contribution in [0.25, 0.3) is 0 Å².